The van der Waals surface area contributed by atoms with E-state index < -0.39 is 28.1 Å². The summed E-state index contributed by atoms with van der Waals surface area (Å²) in [7, 11) is -4.00. The van der Waals surface area contributed by atoms with E-state index in [0.29, 0.717) is 11.1 Å². The predicted molar refractivity (Wildman–Crippen MR) is 114 cm³/mol. The van der Waals surface area contributed by atoms with Crippen LogP contribution in [0.5, 0.6) is 0 Å². The van der Waals surface area contributed by atoms with Crippen molar-refractivity contribution >= 4 is 15.9 Å². The molecule has 6 nitrogen and oxygen atoms in total. The van der Waals surface area contributed by atoms with Gasteiger partial charge in [-0.05, 0) is 31.5 Å². The van der Waals surface area contributed by atoms with Gasteiger partial charge in [-0.1, -0.05) is 77.9 Å². The highest BCUT2D eigenvalue weighted by atomic mass is 32.2. The van der Waals surface area contributed by atoms with Gasteiger partial charge in [0.25, 0.3) is 10.1 Å². The summed E-state index contributed by atoms with van der Waals surface area (Å²) in [5.74, 6) is -0.496. The largest absolute Gasteiger partial charge is 0.393 e. The first-order valence-electron chi connectivity index (χ1n) is 9.12. The van der Waals surface area contributed by atoms with E-state index in [-0.39, 0.29) is 4.90 Å². The molecule has 0 fully saturated rings. The maximum absolute atomic E-state index is 12.5. The number of ketones is 1. The van der Waals surface area contributed by atoms with E-state index in [9.17, 15) is 23.4 Å². The second kappa shape index (κ2) is 9.77. The standard InChI is InChI=1S/C17H18O3.C6H6O3S/c1-12-3-7-14(8-4-12)16(19)17(20,11-18)15-9-5-13(2)6-10-15;7-10(8,9)6-4-2-1-3-5-6/h3-10,18,20H,11H2,1-2H3;1-5H,(H,7,8,9). The number of benzene rings is 3. The number of aliphatic hydroxyl groups excluding tert-OH is 1. The van der Waals surface area contributed by atoms with Crippen LogP contribution in [0.15, 0.2) is 83.8 Å². The van der Waals surface area contributed by atoms with Gasteiger partial charge in [0.15, 0.2) is 5.60 Å². The smallest absolute Gasteiger partial charge is 0.294 e. The van der Waals surface area contributed by atoms with Crippen molar-refractivity contribution in [2.24, 2.45) is 0 Å². The summed E-state index contributed by atoms with van der Waals surface area (Å²) in [5.41, 5.74) is 0.938. The number of hydrogen-bond donors (Lipinski definition) is 3. The van der Waals surface area contributed by atoms with E-state index in [4.69, 9.17) is 4.55 Å². The zero-order chi connectivity index (χ0) is 22.4. The highest BCUT2D eigenvalue weighted by Gasteiger charge is 2.37. The van der Waals surface area contributed by atoms with Gasteiger partial charge in [0, 0.05) is 5.56 Å². The highest BCUT2D eigenvalue weighted by Crippen LogP contribution is 2.26. The van der Waals surface area contributed by atoms with Crippen molar-refractivity contribution in [3.63, 3.8) is 0 Å². The first-order chi connectivity index (χ1) is 14.1. The van der Waals surface area contributed by atoms with Crippen LogP contribution >= 0.6 is 0 Å². The average Bonchev–Trinajstić information content (AvgIpc) is 2.74. The molecule has 0 aliphatic rings. The molecule has 0 heterocycles. The van der Waals surface area contributed by atoms with Gasteiger partial charge < -0.3 is 10.2 Å². The molecule has 3 N–H and O–H groups in total. The van der Waals surface area contributed by atoms with E-state index in [1.54, 1.807) is 66.7 Å². The highest BCUT2D eigenvalue weighted by molar-refractivity contribution is 7.85. The lowest BCUT2D eigenvalue weighted by Gasteiger charge is -2.25. The second-order valence-corrected chi connectivity index (χ2v) is 8.29. The molecule has 0 bridgehead atoms. The zero-order valence-electron chi connectivity index (χ0n) is 16.7. The minimum atomic E-state index is -4.00. The molecule has 7 heteroatoms. The van der Waals surface area contributed by atoms with E-state index in [2.05, 4.69) is 0 Å². The van der Waals surface area contributed by atoms with Gasteiger partial charge in [-0.15, -0.1) is 0 Å². The monoisotopic (exact) mass is 428 g/mol. The van der Waals surface area contributed by atoms with E-state index in [1.807, 2.05) is 13.8 Å². The maximum Gasteiger partial charge on any atom is 0.294 e. The van der Waals surface area contributed by atoms with Crippen LogP contribution in [-0.2, 0) is 15.7 Å². The van der Waals surface area contributed by atoms with Crippen LogP contribution in [0.25, 0.3) is 0 Å². The molecule has 0 saturated heterocycles. The molecule has 0 amide bonds. The minimum absolute atomic E-state index is 0.0741. The van der Waals surface area contributed by atoms with Crippen LogP contribution in [0.4, 0.5) is 0 Å². The zero-order valence-corrected chi connectivity index (χ0v) is 17.5. The Kier molecular flexibility index (Phi) is 7.64. The molecule has 158 valence electrons. The predicted octanol–water partition coefficient (Wildman–Crippen LogP) is 3.30. The number of carbonyl (C=O) groups excluding carboxylic acids is 1. The lowest BCUT2D eigenvalue weighted by molar-refractivity contribution is -0.00400. The topological polar surface area (TPSA) is 112 Å². The average molecular weight is 429 g/mol. The Labute approximate surface area is 176 Å². The SMILES string of the molecule is Cc1ccc(C(=O)C(O)(CO)c2ccc(C)cc2)cc1.O=S(=O)(O)c1ccccc1. The third-order valence-corrected chi connectivity index (χ3v) is 5.36. The number of rotatable bonds is 5. The van der Waals surface area contributed by atoms with Gasteiger partial charge in [0.2, 0.25) is 5.78 Å². The first-order valence-corrected chi connectivity index (χ1v) is 10.6. The Morgan fingerprint density at radius 1 is 0.833 bits per heavy atom. The summed E-state index contributed by atoms with van der Waals surface area (Å²) in [5, 5.41) is 20.1. The van der Waals surface area contributed by atoms with Crippen molar-refractivity contribution in [2.45, 2.75) is 24.3 Å². The quantitative estimate of drug-likeness (QED) is 0.425. The van der Waals surface area contributed by atoms with E-state index in [1.165, 1.54) is 12.1 Å². The van der Waals surface area contributed by atoms with E-state index in [0.717, 1.165) is 11.1 Å². The molecule has 3 aromatic rings. The molecular formula is C23H24O6S. The second-order valence-electron chi connectivity index (χ2n) is 6.87. The third kappa shape index (κ3) is 5.84. The van der Waals surface area contributed by atoms with Crippen LogP contribution in [0, 0.1) is 13.8 Å². The third-order valence-electron chi connectivity index (χ3n) is 4.49. The first kappa shape index (κ1) is 23.4. The van der Waals surface area contributed by atoms with E-state index >= 15 is 0 Å². The fraction of sp³-hybridized carbons (Fsp3) is 0.174. The Balaban J connectivity index is 0.000000269. The molecule has 1 atom stereocenters. The van der Waals surface area contributed by atoms with Gasteiger partial charge in [-0.3, -0.25) is 9.35 Å². The van der Waals surface area contributed by atoms with Crippen LogP contribution in [0.3, 0.4) is 0 Å². The fourth-order valence-electron chi connectivity index (χ4n) is 2.66. The molecule has 0 saturated carbocycles. The Morgan fingerprint density at radius 2 is 1.30 bits per heavy atom. The molecule has 3 rings (SSSR count). The summed E-state index contributed by atoms with van der Waals surface area (Å²) < 4.78 is 29.2. The molecule has 1 unspecified atom stereocenters. The Hall–Kier alpha value is -2.84. The summed E-state index contributed by atoms with van der Waals surface area (Å²) >= 11 is 0. The minimum Gasteiger partial charge on any atom is -0.393 e. The number of carbonyl (C=O) groups is 1. The molecular weight excluding hydrogens is 404 g/mol. The van der Waals surface area contributed by atoms with Gasteiger partial charge >= 0.3 is 0 Å². The number of aryl methyl sites for hydroxylation is 2. The van der Waals surface area contributed by atoms with Crippen LogP contribution in [-0.4, -0.2) is 35.6 Å². The fourth-order valence-corrected chi connectivity index (χ4v) is 3.16. The van der Waals surface area contributed by atoms with Gasteiger partial charge in [-0.2, -0.15) is 8.42 Å². The van der Waals surface area contributed by atoms with Crippen LogP contribution < -0.4 is 0 Å². The van der Waals surface area contributed by atoms with Crippen molar-refractivity contribution in [2.75, 3.05) is 6.61 Å². The van der Waals surface area contributed by atoms with Crippen molar-refractivity contribution < 1.29 is 28.0 Å². The van der Waals surface area contributed by atoms with Gasteiger partial charge in [0.05, 0.1) is 11.5 Å². The van der Waals surface area contributed by atoms with Crippen molar-refractivity contribution in [1.82, 2.24) is 0 Å². The molecule has 3 aromatic carbocycles. The van der Waals surface area contributed by atoms with Crippen molar-refractivity contribution in [1.29, 1.82) is 0 Å². The van der Waals surface area contributed by atoms with Crippen LogP contribution in [0.2, 0.25) is 0 Å². The molecule has 0 radical (unpaired) electrons. The molecule has 0 aliphatic heterocycles. The molecule has 30 heavy (non-hydrogen) atoms. The van der Waals surface area contributed by atoms with Crippen LogP contribution in [0.1, 0.15) is 27.0 Å². The van der Waals surface area contributed by atoms with Crippen molar-refractivity contribution in [3.05, 3.63) is 101 Å². The van der Waals surface area contributed by atoms with Crippen molar-refractivity contribution in [3.8, 4) is 0 Å². The Morgan fingerprint density at radius 3 is 1.70 bits per heavy atom. The van der Waals surface area contributed by atoms with Gasteiger partial charge in [0.1, 0.15) is 0 Å². The summed E-state index contributed by atoms with van der Waals surface area (Å²) in [6, 6.07) is 21.3. The molecule has 0 spiro atoms. The normalized spacial score (nSPS) is 13.0. The summed E-state index contributed by atoms with van der Waals surface area (Å²) in [6.07, 6.45) is 0. The molecule has 0 aromatic heterocycles. The van der Waals surface area contributed by atoms with Gasteiger partial charge in [-0.25, -0.2) is 0 Å². The molecule has 0 aliphatic carbocycles. The number of Topliss-reactive ketones (excluding diaryl/α,β-unsaturated/α-hetero) is 1. The number of aliphatic hydroxyl groups is 2. The lowest BCUT2D eigenvalue weighted by Crippen LogP contribution is -2.39. The summed E-state index contributed by atoms with van der Waals surface area (Å²) in [4.78, 5) is 12.4. The maximum atomic E-state index is 12.5. The number of hydrogen-bond acceptors (Lipinski definition) is 5. The summed E-state index contributed by atoms with van der Waals surface area (Å²) in [6.45, 7) is 3.19. The lowest BCUT2D eigenvalue weighted by atomic mass is 9.86. The Bertz CT molecular complexity index is 1070.